The first-order valence-electron chi connectivity index (χ1n) is 8.72. The number of aromatic nitrogens is 4. The molecule has 2 aromatic heterocycles. The van der Waals surface area contributed by atoms with Crippen molar-refractivity contribution in [1.29, 1.82) is 0 Å². The van der Waals surface area contributed by atoms with E-state index < -0.39 is 34.8 Å². The minimum atomic E-state index is -1.13. The van der Waals surface area contributed by atoms with Crippen molar-refractivity contribution in [3.05, 3.63) is 6.33 Å². The number of aliphatic hydroxyl groups is 2. The standard InChI is InChI=1S/C16H24N6O5S/c1-6(2)8(17)15(25)27-4-7-10(23)11(24)14(28-7)22-5-19-9-12(22)20-16(18)21-13(9)26-3/h5-8,10-11,14,23-24H,4,17H2,1-3H3,(H2,18,20,21)/t7-,8+,10?,11?,14-/m1/s1. The largest absolute Gasteiger partial charge is 0.479 e. The Balaban J connectivity index is 1.79. The first-order valence-corrected chi connectivity index (χ1v) is 9.66. The van der Waals surface area contributed by atoms with E-state index in [-0.39, 0.29) is 24.4 Å². The van der Waals surface area contributed by atoms with Crippen molar-refractivity contribution in [2.45, 2.75) is 42.7 Å². The molecule has 5 atom stereocenters. The van der Waals surface area contributed by atoms with Gasteiger partial charge in [-0.05, 0) is 5.92 Å². The molecule has 0 aliphatic carbocycles. The highest BCUT2D eigenvalue weighted by molar-refractivity contribution is 8.00. The predicted molar refractivity (Wildman–Crippen MR) is 102 cm³/mol. The number of esters is 1. The Morgan fingerprint density at radius 1 is 1.36 bits per heavy atom. The average molecular weight is 412 g/mol. The third kappa shape index (κ3) is 3.72. The number of thioether (sulfide) groups is 1. The summed E-state index contributed by atoms with van der Waals surface area (Å²) in [6, 6.07) is -0.742. The summed E-state index contributed by atoms with van der Waals surface area (Å²) in [5.74, 6) is -0.395. The van der Waals surface area contributed by atoms with E-state index in [1.54, 1.807) is 4.57 Å². The van der Waals surface area contributed by atoms with Gasteiger partial charge in [-0.3, -0.25) is 9.36 Å². The fraction of sp³-hybridized carbons (Fsp3) is 0.625. The number of nitrogens with two attached hydrogens (primary N) is 2. The summed E-state index contributed by atoms with van der Waals surface area (Å²) in [7, 11) is 1.44. The molecule has 0 spiro atoms. The topological polar surface area (TPSA) is 172 Å². The van der Waals surface area contributed by atoms with E-state index in [2.05, 4.69) is 15.0 Å². The van der Waals surface area contributed by atoms with Crippen molar-refractivity contribution in [2.75, 3.05) is 19.5 Å². The van der Waals surface area contributed by atoms with Crippen LogP contribution in [0.25, 0.3) is 11.2 Å². The average Bonchev–Trinajstić information content (AvgIpc) is 3.20. The summed E-state index contributed by atoms with van der Waals surface area (Å²) in [4.78, 5) is 24.3. The first-order chi connectivity index (χ1) is 13.2. The Hall–Kier alpha value is -2.15. The maximum Gasteiger partial charge on any atom is 0.323 e. The van der Waals surface area contributed by atoms with Crippen LogP contribution in [0.2, 0.25) is 0 Å². The lowest BCUT2D eigenvalue weighted by Crippen LogP contribution is -2.39. The highest BCUT2D eigenvalue weighted by Gasteiger charge is 2.44. The number of nitrogen functional groups attached to an aromatic ring is 1. The zero-order chi connectivity index (χ0) is 20.6. The van der Waals surface area contributed by atoms with Crippen molar-refractivity contribution in [2.24, 2.45) is 11.7 Å². The fourth-order valence-electron chi connectivity index (χ4n) is 2.86. The summed E-state index contributed by atoms with van der Waals surface area (Å²) in [5, 5.41) is 19.8. The number of nitrogens with zero attached hydrogens (tertiary/aromatic N) is 4. The van der Waals surface area contributed by atoms with Crippen LogP contribution in [-0.4, -0.2) is 72.9 Å². The number of ether oxygens (including phenoxy) is 2. The molecule has 1 fully saturated rings. The van der Waals surface area contributed by atoms with Gasteiger partial charge in [-0.2, -0.15) is 9.97 Å². The number of hydrogen-bond donors (Lipinski definition) is 4. The summed E-state index contributed by atoms with van der Waals surface area (Å²) < 4.78 is 12.0. The molecule has 154 valence electrons. The Bertz CT molecular complexity index is 861. The summed E-state index contributed by atoms with van der Waals surface area (Å²) >= 11 is 1.24. The van der Waals surface area contributed by atoms with Gasteiger partial charge < -0.3 is 31.2 Å². The highest BCUT2D eigenvalue weighted by Crippen LogP contribution is 2.43. The maximum atomic E-state index is 12.0. The number of carbonyl (C=O) groups is 1. The lowest BCUT2D eigenvalue weighted by molar-refractivity contribution is -0.147. The summed E-state index contributed by atoms with van der Waals surface area (Å²) in [5.41, 5.74) is 12.2. The van der Waals surface area contributed by atoms with E-state index >= 15 is 0 Å². The molecule has 3 heterocycles. The lowest BCUT2D eigenvalue weighted by Gasteiger charge is -2.18. The molecule has 6 N–H and O–H groups in total. The number of aliphatic hydroxyl groups excluding tert-OH is 2. The van der Waals surface area contributed by atoms with E-state index in [4.69, 9.17) is 20.9 Å². The molecule has 2 unspecified atom stereocenters. The maximum absolute atomic E-state index is 12.0. The van der Waals surface area contributed by atoms with Gasteiger partial charge in [-0.25, -0.2) is 4.98 Å². The van der Waals surface area contributed by atoms with Crippen LogP contribution >= 0.6 is 11.8 Å². The number of rotatable bonds is 6. The normalized spacial score (nSPS) is 26.0. The molecule has 0 radical (unpaired) electrons. The molecule has 1 saturated heterocycles. The molecule has 2 aromatic rings. The summed E-state index contributed by atoms with van der Waals surface area (Å²) in [6.07, 6.45) is -0.776. The molecule has 28 heavy (non-hydrogen) atoms. The van der Waals surface area contributed by atoms with Gasteiger partial charge in [0.1, 0.15) is 24.1 Å². The van der Waals surface area contributed by atoms with Crippen LogP contribution in [0.5, 0.6) is 5.88 Å². The second-order valence-electron chi connectivity index (χ2n) is 6.86. The molecular weight excluding hydrogens is 388 g/mol. The molecule has 11 nitrogen and oxygen atoms in total. The summed E-state index contributed by atoms with van der Waals surface area (Å²) in [6.45, 7) is 3.56. The van der Waals surface area contributed by atoms with Crippen molar-refractivity contribution < 1.29 is 24.5 Å². The van der Waals surface area contributed by atoms with Crippen LogP contribution in [0.4, 0.5) is 5.95 Å². The Kier molecular flexibility index (Phi) is 5.93. The molecule has 0 amide bonds. The minimum Gasteiger partial charge on any atom is -0.479 e. The minimum absolute atomic E-state index is 0.00251. The van der Waals surface area contributed by atoms with Crippen LogP contribution in [-0.2, 0) is 9.53 Å². The molecule has 1 aliphatic heterocycles. The molecular formula is C16H24N6O5S. The number of carbonyl (C=O) groups excluding carboxylic acids is 1. The molecule has 1 aliphatic rings. The monoisotopic (exact) mass is 412 g/mol. The van der Waals surface area contributed by atoms with Crippen molar-refractivity contribution in [3.8, 4) is 5.88 Å². The predicted octanol–water partition coefficient (Wildman–Crippen LogP) is -0.721. The molecule has 0 saturated carbocycles. The van der Waals surface area contributed by atoms with Gasteiger partial charge in [0.25, 0.3) is 0 Å². The fourth-order valence-corrected chi connectivity index (χ4v) is 4.30. The number of hydrogen-bond acceptors (Lipinski definition) is 11. The van der Waals surface area contributed by atoms with Crippen LogP contribution in [0.15, 0.2) is 6.33 Å². The van der Waals surface area contributed by atoms with Crippen molar-refractivity contribution in [3.63, 3.8) is 0 Å². The highest BCUT2D eigenvalue weighted by atomic mass is 32.2. The number of fused-ring (bicyclic) bond motifs is 1. The number of methoxy groups -OCH3 is 1. The Morgan fingerprint density at radius 3 is 2.71 bits per heavy atom. The number of imidazole rings is 1. The van der Waals surface area contributed by atoms with Gasteiger partial charge >= 0.3 is 5.97 Å². The van der Waals surface area contributed by atoms with E-state index in [1.165, 1.54) is 25.2 Å². The molecule has 3 rings (SSSR count). The van der Waals surface area contributed by atoms with Gasteiger partial charge in [-0.15, -0.1) is 11.8 Å². The second kappa shape index (κ2) is 8.07. The quantitative estimate of drug-likeness (QED) is 0.441. The van der Waals surface area contributed by atoms with E-state index in [0.29, 0.717) is 11.2 Å². The van der Waals surface area contributed by atoms with Crippen molar-refractivity contribution in [1.82, 2.24) is 19.5 Å². The SMILES string of the molecule is COc1nc(N)nc2c1ncn2[C@@H]1S[C@H](COC(=O)[C@@H](N)C(C)C)C(O)C1O. The zero-order valence-electron chi connectivity index (χ0n) is 15.7. The third-order valence-electron chi connectivity index (χ3n) is 4.59. The Morgan fingerprint density at radius 2 is 2.07 bits per heavy atom. The smallest absolute Gasteiger partial charge is 0.323 e. The van der Waals surface area contributed by atoms with Gasteiger partial charge in [-0.1, -0.05) is 13.8 Å². The van der Waals surface area contributed by atoms with Gasteiger partial charge in [0.05, 0.1) is 24.8 Å². The molecule has 0 aromatic carbocycles. The van der Waals surface area contributed by atoms with Crippen LogP contribution in [0.3, 0.4) is 0 Å². The van der Waals surface area contributed by atoms with Crippen LogP contribution in [0.1, 0.15) is 19.2 Å². The van der Waals surface area contributed by atoms with E-state index in [0.717, 1.165) is 0 Å². The Labute approximate surface area is 165 Å². The van der Waals surface area contributed by atoms with E-state index in [1.807, 2.05) is 13.8 Å². The lowest BCUT2D eigenvalue weighted by atomic mass is 10.1. The third-order valence-corrected chi connectivity index (χ3v) is 6.14. The van der Waals surface area contributed by atoms with Gasteiger partial charge in [0, 0.05) is 0 Å². The second-order valence-corrected chi connectivity index (χ2v) is 8.22. The first kappa shape index (κ1) is 20.6. The number of anilines is 1. The van der Waals surface area contributed by atoms with Crippen molar-refractivity contribution >= 4 is 34.8 Å². The van der Waals surface area contributed by atoms with Crippen LogP contribution in [0, 0.1) is 5.92 Å². The molecule has 12 heteroatoms. The molecule has 0 bridgehead atoms. The zero-order valence-corrected chi connectivity index (χ0v) is 16.5. The van der Waals surface area contributed by atoms with Gasteiger partial charge in [0.15, 0.2) is 11.2 Å². The van der Waals surface area contributed by atoms with Gasteiger partial charge in [0.2, 0.25) is 11.8 Å². The van der Waals surface area contributed by atoms with E-state index in [9.17, 15) is 15.0 Å². The van der Waals surface area contributed by atoms with Crippen LogP contribution < -0.4 is 16.2 Å².